The van der Waals surface area contributed by atoms with Gasteiger partial charge in [-0.2, -0.15) is 5.10 Å². The van der Waals surface area contributed by atoms with E-state index in [2.05, 4.69) is 29.2 Å². The molecule has 0 bridgehead atoms. The topological polar surface area (TPSA) is 50.2 Å². The number of hydrogen-bond donors (Lipinski definition) is 1. The highest BCUT2D eigenvalue weighted by atomic mass is 35.5. The highest BCUT2D eigenvalue weighted by Crippen LogP contribution is 2.24. The molecule has 0 spiro atoms. The van der Waals surface area contributed by atoms with E-state index in [4.69, 9.17) is 11.6 Å². The van der Waals surface area contributed by atoms with Crippen molar-refractivity contribution in [2.45, 2.75) is 39.7 Å². The van der Waals surface area contributed by atoms with E-state index in [1.807, 2.05) is 37.3 Å². The number of aromatic nitrogens is 2. The van der Waals surface area contributed by atoms with E-state index in [-0.39, 0.29) is 5.91 Å². The van der Waals surface area contributed by atoms with Crippen LogP contribution in [-0.4, -0.2) is 46.3 Å². The molecule has 26 heavy (non-hydrogen) atoms. The fraction of sp³-hybridized carbons (Fsp3) is 0.500. The largest absolute Gasteiger partial charge is 0.352 e. The standard InChI is InChI=1S/C20H27ClN4O/c1-14(2)24-11-7-8-16(13-24)12-22-20(26)18-15(3)23-25(19(18)21)17-9-5-4-6-10-17/h4-6,9-10,14,16H,7-8,11-13H2,1-3H3,(H,22,26). The first-order valence-corrected chi connectivity index (χ1v) is 9.68. The van der Waals surface area contributed by atoms with E-state index < -0.39 is 0 Å². The highest BCUT2D eigenvalue weighted by Gasteiger charge is 2.24. The number of rotatable bonds is 5. The minimum atomic E-state index is -0.142. The van der Waals surface area contributed by atoms with Crippen molar-refractivity contribution in [1.82, 2.24) is 20.0 Å². The predicted octanol–water partition coefficient (Wildman–Crippen LogP) is 3.68. The monoisotopic (exact) mass is 374 g/mol. The zero-order valence-corrected chi connectivity index (χ0v) is 16.5. The van der Waals surface area contributed by atoms with Crippen LogP contribution in [0.2, 0.25) is 5.15 Å². The van der Waals surface area contributed by atoms with Gasteiger partial charge in [0.05, 0.1) is 16.9 Å². The van der Waals surface area contributed by atoms with Gasteiger partial charge in [0, 0.05) is 19.1 Å². The molecule has 1 N–H and O–H groups in total. The van der Waals surface area contributed by atoms with E-state index in [1.165, 1.54) is 6.42 Å². The lowest BCUT2D eigenvalue weighted by molar-refractivity contribution is 0.0922. The second-order valence-corrected chi connectivity index (χ2v) is 7.66. The van der Waals surface area contributed by atoms with Crippen LogP contribution in [0.3, 0.4) is 0 Å². The molecule has 0 radical (unpaired) electrons. The van der Waals surface area contributed by atoms with Gasteiger partial charge in [0.25, 0.3) is 5.91 Å². The third kappa shape index (κ3) is 4.10. The van der Waals surface area contributed by atoms with Gasteiger partial charge in [0.2, 0.25) is 0 Å². The van der Waals surface area contributed by atoms with Crippen molar-refractivity contribution in [3.63, 3.8) is 0 Å². The van der Waals surface area contributed by atoms with E-state index >= 15 is 0 Å². The number of halogens is 1. The first kappa shape index (κ1) is 18.9. The van der Waals surface area contributed by atoms with Gasteiger partial charge in [0.15, 0.2) is 0 Å². The Morgan fingerprint density at radius 1 is 1.35 bits per heavy atom. The lowest BCUT2D eigenvalue weighted by Gasteiger charge is -2.35. The van der Waals surface area contributed by atoms with E-state index in [0.29, 0.717) is 34.9 Å². The summed E-state index contributed by atoms with van der Waals surface area (Å²) in [4.78, 5) is 15.2. The molecule has 1 atom stereocenters. The summed E-state index contributed by atoms with van der Waals surface area (Å²) in [7, 11) is 0. The van der Waals surface area contributed by atoms with Crippen molar-refractivity contribution in [2.75, 3.05) is 19.6 Å². The normalized spacial score (nSPS) is 18.3. The highest BCUT2D eigenvalue weighted by molar-refractivity contribution is 6.33. The van der Waals surface area contributed by atoms with Crippen molar-refractivity contribution >= 4 is 17.5 Å². The van der Waals surface area contributed by atoms with Gasteiger partial charge in [-0.25, -0.2) is 4.68 Å². The van der Waals surface area contributed by atoms with Gasteiger partial charge >= 0.3 is 0 Å². The number of amides is 1. The molecule has 2 aromatic rings. The van der Waals surface area contributed by atoms with Crippen LogP contribution in [0.1, 0.15) is 42.7 Å². The van der Waals surface area contributed by atoms with Crippen molar-refractivity contribution in [1.29, 1.82) is 0 Å². The number of benzene rings is 1. The molecule has 6 heteroatoms. The zero-order chi connectivity index (χ0) is 18.7. The maximum Gasteiger partial charge on any atom is 0.256 e. The molecule has 1 aromatic carbocycles. The first-order chi connectivity index (χ1) is 12.5. The molecule has 1 aliphatic heterocycles. The number of nitrogens with zero attached hydrogens (tertiary/aromatic N) is 3. The van der Waals surface area contributed by atoms with Gasteiger partial charge in [-0.05, 0) is 58.2 Å². The summed E-state index contributed by atoms with van der Waals surface area (Å²) in [5.41, 5.74) is 1.95. The summed E-state index contributed by atoms with van der Waals surface area (Å²) in [5.74, 6) is 0.342. The maximum absolute atomic E-state index is 12.7. The summed E-state index contributed by atoms with van der Waals surface area (Å²) in [5, 5.41) is 7.88. The number of aryl methyl sites for hydroxylation is 1. The quantitative estimate of drug-likeness (QED) is 0.868. The summed E-state index contributed by atoms with van der Waals surface area (Å²) < 4.78 is 1.62. The number of nitrogens with one attached hydrogen (secondary N) is 1. The fourth-order valence-corrected chi connectivity index (χ4v) is 3.91. The summed E-state index contributed by atoms with van der Waals surface area (Å²) >= 11 is 6.48. The summed E-state index contributed by atoms with van der Waals surface area (Å²) in [6, 6.07) is 10.2. The number of piperidine rings is 1. The molecule has 1 saturated heterocycles. The Kier molecular flexibility index (Phi) is 5.99. The Morgan fingerprint density at radius 2 is 2.08 bits per heavy atom. The van der Waals surface area contributed by atoms with Crippen LogP contribution in [0, 0.1) is 12.8 Å². The molecular weight excluding hydrogens is 348 g/mol. The second kappa shape index (κ2) is 8.23. The Bertz CT molecular complexity index is 757. The Hall–Kier alpha value is -1.85. The zero-order valence-electron chi connectivity index (χ0n) is 15.7. The molecule has 2 heterocycles. The molecule has 1 amide bonds. The average molecular weight is 375 g/mol. The molecule has 0 aliphatic carbocycles. The van der Waals surface area contributed by atoms with Crippen LogP contribution in [0.4, 0.5) is 0 Å². The van der Waals surface area contributed by atoms with Crippen LogP contribution in [-0.2, 0) is 0 Å². The number of carbonyl (C=O) groups is 1. The molecule has 1 aromatic heterocycles. The van der Waals surface area contributed by atoms with Crippen molar-refractivity contribution < 1.29 is 4.79 Å². The smallest absolute Gasteiger partial charge is 0.256 e. The van der Waals surface area contributed by atoms with Gasteiger partial charge < -0.3 is 10.2 Å². The van der Waals surface area contributed by atoms with Crippen molar-refractivity contribution in [3.8, 4) is 5.69 Å². The van der Waals surface area contributed by atoms with Crippen LogP contribution >= 0.6 is 11.6 Å². The van der Waals surface area contributed by atoms with Gasteiger partial charge in [-0.15, -0.1) is 0 Å². The van der Waals surface area contributed by atoms with Gasteiger partial charge in [0.1, 0.15) is 5.15 Å². The Morgan fingerprint density at radius 3 is 2.77 bits per heavy atom. The first-order valence-electron chi connectivity index (χ1n) is 9.30. The average Bonchev–Trinajstić information content (AvgIpc) is 2.95. The van der Waals surface area contributed by atoms with E-state index in [1.54, 1.807) is 4.68 Å². The minimum absolute atomic E-state index is 0.142. The third-order valence-corrected chi connectivity index (χ3v) is 5.41. The minimum Gasteiger partial charge on any atom is -0.352 e. The lowest BCUT2D eigenvalue weighted by Crippen LogP contribution is -2.43. The Labute approximate surface area is 160 Å². The van der Waals surface area contributed by atoms with Crippen molar-refractivity contribution in [3.05, 3.63) is 46.7 Å². The molecule has 1 fully saturated rings. The molecule has 1 unspecified atom stereocenters. The van der Waals surface area contributed by atoms with Crippen molar-refractivity contribution in [2.24, 2.45) is 5.92 Å². The van der Waals surface area contributed by atoms with Crippen LogP contribution < -0.4 is 5.32 Å². The van der Waals surface area contributed by atoms with E-state index in [0.717, 1.165) is 25.2 Å². The number of para-hydroxylation sites is 1. The fourth-order valence-electron chi connectivity index (χ4n) is 3.56. The second-order valence-electron chi connectivity index (χ2n) is 7.31. The molecule has 1 aliphatic rings. The number of hydrogen-bond acceptors (Lipinski definition) is 3. The molecule has 0 saturated carbocycles. The summed E-state index contributed by atoms with van der Waals surface area (Å²) in [6.45, 7) is 9.13. The molecule has 3 rings (SSSR count). The number of likely N-dealkylation sites (tertiary alicyclic amines) is 1. The van der Waals surface area contributed by atoms with Crippen LogP contribution in [0.15, 0.2) is 30.3 Å². The molecule has 5 nitrogen and oxygen atoms in total. The van der Waals surface area contributed by atoms with Crippen LogP contribution in [0.25, 0.3) is 5.69 Å². The maximum atomic E-state index is 12.7. The Balaban J connectivity index is 1.68. The molecule has 140 valence electrons. The van der Waals surface area contributed by atoms with Crippen LogP contribution in [0.5, 0.6) is 0 Å². The SMILES string of the molecule is Cc1nn(-c2ccccc2)c(Cl)c1C(=O)NCC1CCCN(C(C)C)C1. The van der Waals surface area contributed by atoms with Gasteiger partial charge in [-0.1, -0.05) is 29.8 Å². The third-order valence-electron chi connectivity index (χ3n) is 5.06. The van der Waals surface area contributed by atoms with Gasteiger partial charge in [-0.3, -0.25) is 4.79 Å². The number of carbonyl (C=O) groups excluding carboxylic acids is 1. The molecular formula is C20H27ClN4O. The predicted molar refractivity (Wildman–Crippen MR) is 105 cm³/mol. The van der Waals surface area contributed by atoms with E-state index in [9.17, 15) is 4.79 Å². The summed E-state index contributed by atoms with van der Waals surface area (Å²) in [6.07, 6.45) is 2.34. The lowest BCUT2D eigenvalue weighted by atomic mass is 9.97.